The minimum atomic E-state index is 0.710. The summed E-state index contributed by atoms with van der Waals surface area (Å²) in [4.78, 5) is 25.5. The van der Waals surface area contributed by atoms with E-state index in [1.54, 1.807) is 0 Å². The van der Waals surface area contributed by atoms with Gasteiger partial charge in [-0.2, -0.15) is 0 Å². The minimum Gasteiger partial charge on any atom is -0.456 e. The molecular weight excluding hydrogens is 1720 g/mol. The topological polar surface area (TPSA) is 114 Å². The van der Waals surface area contributed by atoms with Crippen molar-refractivity contribution >= 4 is 185 Å². The summed E-state index contributed by atoms with van der Waals surface area (Å²) in [6.45, 7) is 0. The van der Waals surface area contributed by atoms with Gasteiger partial charge in [0.2, 0.25) is 0 Å². The predicted octanol–water partition coefficient (Wildman–Crippen LogP) is 35.3. The van der Waals surface area contributed by atoms with Gasteiger partial charge in [0.15, 0.2) is 5.82 Å². The molecule has 141 heavy (non-hydrogen) atoms. The summed E-state index contributed by atoms with van der Waals surface area (Å²) in [5.74, 6) is 0.710. The molecule has 30 aromatic rings. The first kappa shape index (κ1) is 80.4. The van der Waals surface area contributed by atoms with Gasteiger partial charge in [0.25, 0.3) is 0 Å². The summed E-state index contributed by atoms with van der Waals surface area (Å²) in [5.41, 5.74) is 32.3. The molecule has 30 rings (SSSR count). The normalized spacial score (nSPS) is 11.8. The molecule has 9 aromatic heterocycles. The van der Waals surface area contributed by atoms with Gasteiger partial charge in [-0.3, -0.25) is 0 Å². The lowest BCUT2D eigenvalue weighted by atomic mass is 9.95. The van der Waals surface area contributed by atoms with Crippen LogP contribution in [0.5, 0.6) is 0 Å². The van der Waals surface area contributed by atoms with Crippen LogP contribution in [-0.2, 0) is 0 Å². The molecule has 0 N–H and O–H groups in total. The van der Waals surface area contributed by atoms with Gasteiger partial charge in [0.05, 0.1) is 72.6 Å². The van der Waals surface area contributed by atoms with E-state index < -0.39 is 0 Å². The molecule has 10 heteroatoms. The number of para-hydroxylation sites is 9. The van der Waals surface area contributed by atoms with Crippen LogP contribution in [0.4, 0.5) is 0 Å². The molecule has 0 aliphatic rings. The zero-order chi connectivity index (χ0) is 92.7. The maximum atomic E-state index is 6.54. The zero-order valence-electron chi connectivity index (χ0n) is 76.0. The number of hydrogen-bond acceptors (Lipinski definition) is 8. The van der Waals surface area contributed by atoms with Gasteiger partial charge in [-0.05, 0) is 173 Å². The molecule has 0 aliphatic heterocycles. The van der Waals surface area contributed by atoms with Crippen LogP contribution in [0, 0.1) is 0 Å². The van der Waals surface area contributed by atoms with Gasteiger partial charge >= 0.3 is 0 Å². The highest BCUT2D eigenvalue weighted by atomic mass is 16.3. The van der Waals surface area contributed by atoms with Crippen molar-refractivity contribution in [2.75, 3.05) is 0 Å². The fraction of sp³-hybridized carbons (Fsp3) is 0. The molecule has 10 nitrogen and oxygen atoms in total. The first-order chi connectivity index (χ1) is 69.9. The average molecular weight is 1800 g/mol. The molecule has 0 amide bonds. The second kappa shape index (κ2) is 32.9. The molecule has 21 aromatic carbocycles. The van der Waals surface area contributed by atoms with Crippen LogP contribution < -0.4 is 0 Å². The Morgan fingerprint density at radius 2 is 0.461 bits per heavy atom. The Morgan fingerprint density at radius 1 is 0.156 bits per heavy atom. The second-order valence-corrected chi connectivity index (χ2v) is 36.2. The third-order valence-corrected chi connectivity index (χ3v) is 28.2. The number of fused-ring (bicyclic) bond motifs is 28. The highest BCUT2D eigenvalue weighted by Crippen LogP contribution is 2.49. The summed E-state index contributed by atoms with van der Waals surface area (Å²) < 4.78 is 24.3. The van der Waals surface area contributed by atoms with E-state index in [0.717, 1.165) is 210 Å². The predicted molar refractivity (Wildman–Crippen MR) is 585 cm³/mol. The summed E-state index contributed by atoms with van der Waals surface area (Å²) in [7, 11) is 0. The number of furan rings is 3. The number of rotatable bonds is 10. The fourth-order valence-electron chi connectivity index (χ4n) is 21.8. The Hall–Kier alpha value is -19.0. The van der Waals surface area contributed by atoms with Gasteiger partial charge in [-0.1, -0.05) is 334 Å². The van der Waals surface area contributed by atoms with E-state index in [-0.39, 0.29) is 0 Å². The first-order valence-electron chi connectivity index (χ1n) is 47.7. The Morgan fingerprint density at radius 3 is 0.922 bits per heavy atom. The molecule has 0 unspecified atom stereocenters. The van der Waals surface area contributed by atoms with Crippen LogP contribution in [0.1, 0.15) is 0 Å². The Kier molecular flexibility index (Phi) is 18.8. The van der Waals surface area contributed by atoms with Crippen molar-refractivity contribution in [2.45, 2.75) is 0 Å². The van der Waals surface area contributed by atoms with Crippen molar-refractivity contribution < 1.29 is 13.3 Å². The van der Waals surface area contributed by atoms with Gasteiger partial charge in [-0.15, -0.1) is 0 Å². The largest absolute Gasteiger partial charge is 0.456 e. The van der Waals surface area contributed by atoms with Gasteiger partial charge in [0.1, 0.15) is 33.5 Å². The highest BCUT2D eigenvalue weighted by molar-refractivity contribution is 6.32. The molecule has 9 heterocycles. The van der Waals surface area contributed by atoms with Crippen molar-refractivity contribution in [1.82, 2.24) is 34.1 Å². The maximum Gasteiger partial charge on any atom is 0.160 e. The second-order valence-electron chi connectivity index (χ2n) is 36.2. The highest BCUT2D eigenvalue weighted by Gasteiger charge is 2.26. The third kappa shape index (κ3) is 13.4. The summed E-state index contributed by atoms with van der Waals surface area (Å²) in [6.07, 6.45) is 0. The van der Waals surface area contributed by atoms with Gasteiger partial charge in [0, 0.05) is 147 Å². The van der Waals surface area contributed by atoms with Crippen LogP contribution in [0.15, 0.2) is 492 Å². The number of aromatic nitrogens is 7. The lowest BCUT2D eigenvalue weighted by Crippen LogP contribution is -1.96. The SMILES string of the molecule is c1ccc(-c2nc(-c3ccc4oc5ccc6c(-c7ccccc7)nc7ccccc7c6c5c4c3)c3ccccc3n2)cc1.c1ccc(-c2nc3ccccc3c3c2ccc2oc4ccc(-c5ccc(-c6ccc7c8ccccc8n(-c8ccccc8)c7c6)cc5)cc4c23)cc1.c1ccc(-c2nc3ccccc3c3c2ccc2oc4ccc(-c5ccccc5-n5c6ccccc6c6ccccc65)cc4c23)cc1. The summed E-state index contributed by atoms with van der Waals surface area (Å²) >= 11 is 0. The van der Waals surface area contributed by atoms with Crippen molar-refractivity contribution in [3.63, 3.8) is 0 Å². The minimum absolute atomic E-state index is 0.710. The molecule has 0 spiro atoms. The van der Waals surface area contributed by atoms with E-state index >= 15 is 0 Å². The van der Waals surface area contributed by atoms with E-state index in [9.17, 15) is 0 Å². The van der Waals surface area contributed by atoms with Crippen LogP contribution in [-0.4, -0.2) is 34.1 Å². The number of nitrogens with zero attached hydrogens (tertiary/aromatic N) is 7. The fourth-order valence-corrected chi connectivity index (χ4v) is 21.8. The van der Waals surface area contributed by atoms with E-state index in [2.05, 4.69) is 434 Å². The van der Waals surface area contributed by atoms with Crippen LogP contribution >= 0.6 is 0 Å². The summed E-state index contributed by atoms with van der Waals surface area (Å²) in [6, 6.07) is 168. The van der Waals surface area contributed by atoms with Crippen molar-refractivity contribution in [2.24, 2.45) is 0 Å². The van der Waals surface area contributed by atoms with Crippen molar-refractivity contribution in [1.29, 1.82) is 0 Å². The Labute approximate surface area is 807 Å². The quantitative estimate of drug-likeness (QED) is 0.124. The summed E-state index contributed by atoms with van der Waals surface area (Å²) in [5, 5.41) is 22.9. The maximum absolute atomic E-state index is 6.54. The number of benzene rings is 21. The molecule has 0 fully saturated rings. The van der Waals surface area contributed by atoms with Crippen molar-refractivity contribution in [3.8, 4) is 101 Å². The monoisotopic (exact) mass is 1800 g/mol. The lowest BCUT2D eigenvalue weighted by Gasteiger charge is -2.14. The molecule has 0 saturated heterocycles. The van der Waals surface area contributed by atoms with Gasteiger partial charge in [-0.25, -0.2) is 24.9 Å². The third-order valence-electron chi connectivity index (χ3n) is 28.2. The van der Waals surface area contributed by atoms with E-state index in [1.807, 2.05) is 54.6 Å². The molecule has 0 saturated carbocycles. The molecule has 656 valence electrons. The molecule has 0 atom stereocenters. The first-order valence-corrected chi connectivity index (χ1v) is 47.7. The molecule has 0 bridgehead atoms. The van der Waals surface area contributed by atoms with E-state index in [0.29, 0.717) is 5.82 Å². The van der Waals surface area contributed by atoms with E-state index in [1.165, 1.54) is 71.1 Å². The molecule has 0 radical (unpaired) electrons. The average Bonchev–Trinajstić information content (AvgIpc) is 1.65. The zero-order valence-corrected chi connectivity index (χ0v) is 76.0. The standard InChI is InChI=1S/C49H30N2O.C43H26N2O.C39H23N3O/c1-3-11-33(12-4-1)49-40-26-28-46-48(47(40)39-16-7-9-17-42(39)50-49)41-29-34(24-27-45(41)52-46)31-19-21-32(22-20-31)35-23-25-38-37-15-8-10-18-43(37)51(44(38)30-35)36-13-5-2-6-14-36;1-2-12-27(13-3-1)43-33-23-25-40-42(41(33)32-17-4-8-18-35(32)44-43)34-26-28(22-24-39(34)46-40)29-14-5-9-19-36(29)45-37-20-10-6-15-30(37)31-16-7-11-21-38(31)45;1-3-11-24(12-4-1)37-29-20-22-34-36(35(29)27-15-7-9-17-31(27)40-37)30-23-26(19-21-33(30)43-34)38-28-16-8-10-18-32(28)41-39(42-38)25-13-5-2-6-14-25/h1-30H;1-26H;1-23H. The van der Waals surface area contributed by atoms with Crippen LogP contribution in [0.25, 0.3) is 287 Å². The number of pyridine rings is 3. The lowest BCUT2D eigenvalue weighted by molar-refractivity contribution is 0.669. The Bertz CT molecular complexity index is 10300. The van der Waals surface area contributed by atoms with Crippen LogP contribution in [0.3, 0.4) is 0 Å². The van der Waals surface area contributed by atoms with Crippen LogP contribution in [0.2, 0.25) is 0 Å². The van der Waals surface area contributed by atoms with Crippen molar-refractivity contribution in [3.05, 3.63) is 479 Å². The number of hydrogen-bond donors (Lipinski definition) is 0. The molecular formula is C131H79N7O3. The smallest absolute Gasteiger partial charge is 0.160 e. The van der Waals surface area contributed by atoms with Gasteiger partial charge < -0.3 is 22.4 Å². The Balaban J connectivity index is 0.000000104. The molecule has 0 aliphatic carbocycles. The van der Waals surface area contributed by atoms with E-state index in [4.69, 9.17) is 38.2 Å².